The highest BCUT2D eigenvalue weighted by Crippen LogP contribution is 2.42. The molecule has 0 amide bonds. The summed E-state index contributed by atoms with van der Waals surface area (Å²) in [5, 5.41) is 0. The van der Waals surface area contributed by atoms with Gasteiger partial charge in [-0.1, -0.05) is 38.3 Å². The summed E-state index contributed by atoms with van der Waals surface area (Å²) in [4.78, 5) is 12.8. The molecule has 3 saturated heterocycles. The van der Waals surface area contributed by atoms with E-state index in [1.165, 1.54) is 19.3 Å². The van der Waals surface area contributed by atoms with Crippen LogP contribution in [0.2, 0.25) is 0 Å². The van der Waals surface area contributed by atoms with Crippen LogP contribution in [0.1, 0.15) is 73.6 Å². The van der Waals surface area contributed by atoms with Crippen molar-refractivity contribution in [3.8, 4) is 0 Å². The summed E-state index contributed by atoms with van der Waals surface area (Å²) in [7, 11) is 0. The molecule has 7 heteroatoms. The number of esters is 1. The maximum Gasteiger partial charge on any atom is 0.312 e. The lowest BCUT2D eigenvalue weighted by Gasteiger charge is -2.29. The van der Waals surface area contributed by atoms with Crippen LogP contribution >= 0.6 is 0 Å². The van der Waals surface area contributed by atoms with Crippen LogP contribution in [-0.4, -0.2) is 54.9 Å². The summed E-state index contributed by atoms with van der Waals surface area (Å²) in [6.07, 6.45) is 7.22. The Kier molecular flexibility index (Phi) is 7.62. The van der Waals surface area contributed by atoms with Gasteiger partial charge < -0.3 is 28.4 Å². The van der Waals surface area contributed by atoms with E-state index in [4.69, 9.17) is 28.4 Å². The molecule has 3 rings (SSSR count). The van der Waals surface area contributed by atoms with Crippen LogP contribution in [0.25, 0.3) is 0 Å². The van der Waals surface area contributed by atoms with Crippen molar-refractivity contribution in [3.63, 3.8) is 0 Å². The summed E-state index contributed by atoms with van der Waals surface area (Å²) in [5.74, 6) is -2.13. The van der Waals surface area contributed by atoms with Crippen LogP contribution in [0.5, 0.6) is 0 Å². The number of fused-ring (bicyclic) bond motifs is 1. The molecule has 0 aliphatic carbocycles. The topological polar surface area (TPSA) is 72.5 Å². The van der Waals surface area contributed by atoms with Crippen molar-refractivity contribution in [2.75, 3.05) is 6.61 Å². The SMILES string of the molecule is CCCCCC/C=C\[C@@H](C)C(=O)O[C@@H]1[C@H]2OC(C)(C)O[C@H]2O[C@@H]1[C@H]1COC(C)(C)O1. The summed E-state index contributed by atoms with van der Waals surface area (Å²) in [6.45, 7) is 11.8. The van der Waals surface area contributed by atoms with Gasteiger partial charge in [-0.15, -0.1) is 0 Å². The fourth-order valence-electron chi connectivity index (χ4n) is 4.12. The average Bonchev–Trinajstić information content (AvgIpc) is 3.27. The fraction of sp³-hybridized carbons (Fsp3) is 0.870. The van der Waals surface area contributed by atoms with Crippen LogP contribution in [0, 0.1) is 5.92 Å². The first kappa shape index (κ1) is 23.7. The standard InChI is InChI=1S/C23H38O7/c1-7-8-9-10-11-12-13-15(2)20(24)26-18-17(16-14-25-22(3,4)28-16)27-21-19(18)29-23(5,6)30-21/h12-13,15-19,21H,7-11,14H2,1-6H3/b13-12-/t15-,16-,17-,18+,19-,21-/m1/s1. The van der Waals surface area contributed by atoms with Gasteiger partial charge in [-0.25, -0.2) is 0 Å². The van der Waals surface area contributed by atoms with Crippen molar-refractivity contribution in [1.82, 2.24) is 0 Å². The van der Waals surface area contributed by atoms with E-state index < -0.39 is 36.2 Å². The Bertz CT molecular complexity index is 615. The summed E-state index contributed by atoms with van der Waals surface area (Å²) in [6, 6.07) is 0. The van der Waals surface area contributed by atoms with Crippen molar-refractivity contribution >= 4 is 5.97 Å². The van der Waals surface area contributed by atoms with Gasteiger partial charge in [-0.3, -0.25) is 4.79 Å². The van der Waals surface area contributed by atoms with E-state index in [-0.39, 0.29) is 18.0 Å². The van der Waals surface area contributed by atoms with Crippen LogP contribution in [-0.2, 0) is 33.2 Å². The molecule has 0 aromatic rings. The number of rotatable bonds is 9. The predicted molar refractivity (Wildman–Crippen MR) is 111 cm³/mol. The lowest BCUT2D eigenvalue weighted by Crippen LogP contribution is -2.45. The first-order valence-corrected chi connectivity index (χ1v) is 11.3. The highest BCUT2D eigenvalue weighted by atomic mass is 16.8. The zero-order chi connectivity index (χ0) is 21.9. The minimum Gasteiger partial charge on any atom is -0.456 e. The normalized spacial score (nSPS) is 35.6. The molecule has 0 spiro atoms. The predicted octanol–water partition coefficient (Wildman–Crippen LogP) is 4.09. The van der Waals surface area contributed by atoms with Crippen LogP contribution in [0.15, 0.2) is 12.2 Å². The average molecular weight is 427 g/mol. The Morgan fingerprint density at radius 1 is 1.07 bits per heavy atom. The fourth-order valence-corrected chi connectivity index (χ4v) is 4.12. The molecule has 0 aromatic heterocycles. The molecule has 3 aliphatic rings. The molecule has 3 fully saturated rings. The van der Waals surface area contributed by atoms with Gasteiger partial charge in [-0.05, 0) is 47.5 Å². The third-order valence-electron chi connectivity index (χ3n) is 5.70. The molecule has 6 atom stereocenters. The molecule has 0 N–H and O–H groups in total. The molecular formula is C23H38O7. The van der Waals surface area contributed by atoms with Gasteiger partial charge in [0.25, 0.3) is 0 Å². The Morgan fingerprint density at radius 2 is 1.83 bits per heavy atom. The second-order valence-corrected chi connectivity index (χ2v) is 9.40. The molecule has 3 aliphatic heterocycles. The lowest BCUT2D eigenvalue weighted by molar-refractivity contribution is -0.235. The smallest absolute Gasteiger partial charge is 0.312 e. The molecule has 0 unspecified atom stereocenters. The highest BCUT2D eigenvalue weighted by Gasteiger charge is 2.60. The van der Waals surface area contributed by atoms with Crippen molar-refractivity contribution in [3.05, 3.63) is 12.2 Å². The van der Waals surface area contributed by atoms with Gasteiger partial charge >= 0.3 is 5.97 Å². The zero-order valence-electron chi connectivity index (χ0n) is 19.2. The molecule has 7 nitrogen and oxygen atoms in total. The van der Waals surface area contributed by atoms with Gasteiger partial charge in [0.1, 0.15) is 12.2 Å². The van der Waals surface area contributed by atoms with E-state index in [0.29, 0.717) is 6.61 Å². The summed E-state index contributed by atoms with van der Waals surface area (Å²) < 4.78 is 35.5. The quantitative estimate of drug-likeness (QED) is 0.312. The minimum atomic E-state index is -0.790. The van der Waals surface area contributed by atoms with Crippen molar-refractivity contribution in [1.29, 1.82) is 0 Å². The van der Waals surface area contributed by atoms with Gasteiger partial charge in [0, 0.05) is 0 Å². The van der Waals surface area contributed by atoms with Crippen molar-refractivity contribution in [2.45, 2.75) is 116 Å². The van der Waals surface area contributed by atoms with E-state index in [9.17, 15) is 4.79 Å². The molecule has 30 heavy (non-hydrogen) atoms. The first-order chi connectivity index (χ1) is 14.1. The third kappa shape index (κ3) is 5.82. The van der Waals surface area contributed by atoms with Crippen LogP contribution in [0.3, 0.4) is 0 Å². The summed E-state index contributed by atoms with van der Waals surface area (Å²) >= 11 is 0. The van der Waals surface area contributed by atoms with Gasteiger partial charge in [-0.2, -0.15) is 0 Å². The lowest BCUT2D eigenvalue weighted by atomic mass is 10.0. The Labute approximate surface area is 180 Å². The van der Waals surface area contributed by atoms with E-state index in [1.807, 2.05) is 40.7 Å². The number of allylic oxidation sites excluding steroid dienone is 1. The number of unbranched alkanes of at least 4 members (excludes halogenated alkanes) is 4. The second-order valence-electron chi connectivity index (χ2n) is 9.40. The maximum atomic E-state index is 12.8. The molecular weight excluding hydrogens is 388 g/mol. The van der Waals surface area contributed by atoms with E-state index in [1.54, 1.807) is 0 Å². The Hall–Kier alpha value is -0.990. The Morgan fingerprint density at radius 3 is 2.50 bits per heavy atom. The number of hydrogen-bond donors (Lipinski definition) is 0. The highest BCUT2D eigenvalue weighted by molar-refractivity contribution is 5.74. The van der Waals surface area contributed by atoms with Gasteiger partial charge in [0.15, 0.2) is 30.1 Å². The molecule has 172 valence electrons. The monoisotopic (exact) mass is 426 g/mol. The zero-order valence-corrected chi connectivity index (χ0v) is 19.2. The summed E-state index contributed by atoms with van der Waals surface area (Å²) in [5.41, 5.74) is 0. The maximum absolute atomic E-state index is 12.8. The van der Waals surface area contributed by atoms with Crippen molar-refractivity contribution < 1.29 is 33.2 Å². The number of carbonyl (C=O) groups excluding carboxylic acids is 1. The van der Waals surface area contributed by atoms with Gasteiger partial charge in [0.2, 0.25) is 0 Å². The Balaban J connectivity index is 1.61. The molecule has 0 radical (unpaired) electrons. The number of carbonyl (C=O) groups is 1. The number of hydrogen-bond acceptors (Lipinski definition) is 7. The van der Waals surface area contributed by atoms with Crippen molar-refractivity contribution in [2.24, 2.45) is 5.92 Å². The largest absolute Gasteiger partial charge is 0.456 e. The molecule has 3 heterocycles. The van der Waals surface area contributed by atoms with E-state index in [0.717, 1.165) is 12.8 Å². The molecule has 0 saturated carbocycles. The second kappa shape index (κ2) is 9.65. The third-order valence-corrected chi connectivity index (χ3v) is 5.70. The minimum absolute atomic E-state index is 0.300. The van der Waals surface area contributed by atoms with Gasteiger partial charge in [0.05, 0.1) is 12.5 Å². The van der Waals surface area contributed by atoms with Crippen LogP contribution in [0.4, 0.5) is 0 Å². The van der Waals surface area contributed by atoms with Crippen LogP contribution < -0.4 is 0 Å². The van der Waals surface area contributed by atoms with E-state index in [2.05, 4.69) is 13.0 Å². The number of ether oxygens (including phenoxy) is 6. The molecule has 0 bridgehead atoms. The first-order valence-electron chi connectivity index (χ1n) is 11.3. The molecule has 0 aromatic carbocycles. The van der Waals surface area contributed by atoms with E-state index >= 15 is 0 Å².